The van der Waals surface area contributed by atoms with Crippen LogP contribution in [-0.4, -0.2) is 29.5 Å². The molecule has 0 aliphatic carbocycles. The topological polar surface area (TPSA) is 42.1 Å². The quantitative estimate of drug-likeness (QED) is 0.797. The largest absolute Gasteiger partial charge is 0.327 e. The van der Waals surface area contributed by atoms with Crippen LogP contribution in [0.4, 0.5) is 0 Å². The van der Waals surface area contributed by atoms with Gasteiger partial charge < -0.3 is 10.6 Å². The fraction of sp³-hybridized carbons (Fsp3) is 0.615. The van der Waals surface area contributed by atoms with Gasteiger partial charge in [-0.2, -0.15) is 0 Å². The highest BCUT2D eigenvalue weighted by molar-refractivity contribution is 5.07. The predicted molar refractivity (Wildman–Crippen MR) is 68.0 cm³/mol. The third kappa shape index (κ3) is 5.24. The number of hydrogen-bond acceptors (Lipinski definition) is 3. The highest BCUT2D eigenvalue weighted by atomic mass is 15.1. The fourth-order valence-electron chi connectivity index (χ4n) is 1.95. The maximum absolute atomic E-state index is 6.07. The van der Waals surface area contributed by atoms with Gasteiger partial charge in [-0.05, 0) is 31.0 Å². The molecule has 0 radical (unpaired) electrons. The summed E-state index contributed by atoms with van der Waals surface area (Å²) in [6.45, 7) is 6.27. The lowest BCUT2D eigenvalue weighted by atomic mass is 10.0. The molecule has 0 aromatic carbocycles. The van der Waals surface area contributed by atoms with E-state index in [9.17, 15) is 0 Å². The molecule has 0 fully saturated rings. The Morgan fingerprint density at radius 1 is 1.44 bits per heavy atom. The van der Waals surface area contributed by atoms with Gasteiger partial charge in [-0.3, -0.25) is 4.98 Å². The molecule has 0 aliphatic rings. The van der Waals surface area contributed by atoms with Gasteiger partial charge in [-0.1, -0.05) is 19.9 Å². The summed E-state index contributed by atoms with van der Waals surface area (Å²) in [6.07, 6.45) is 4.79. The van der Waals surface area contributed by atoms with Crippen LogP contribution in [-0.2, 0) is 6.54 Å². The van der Waals surface area contributed by atoms with Gasteiger partial charge in [0, 0.05) is 31.5 Å². The first-order valence-electron chi connectivity index (χ1n) is 5.91. The summed E-state index contributed by atoms with van der Waals surface area (Å²) in [5, 5.41) is 0. The molecular weight excluding hydrogens is 198 g/mol. The summed E-state index contributed by atoms with van der Waals surface area (Å²) in [5.74, 6) is 0.668. The van der Waals surface area contributed by atoms with Crippen LogP contribution >= 0.6 is 0 Å². The summed E-state index contributed by atoms with van der Waals surface area (Å²) in [7, 11) is 2.10. The summed E-state index contributed by atoms with van der Waals surface area (Å²) in [4.78, 5) is 6.36. The minimum Gasteiger partial charge on any atom is -0.327 e. The minimum atomic E-state index is 0.265. The van der Waals surface area contributed by atoms with Crippen LogP contribution in [0.2, 0.25) is 0 Å². The maximum atomic E-state index is 6.07. The van der Waals surface area contributed by atoms with Crippen molar-refractivity contribution in [2.75, 3.05) is 13.6 Å². The molecule has 0 aliphatic heterocycles. The molecule has 90 valence electrons. The molecule has 1 rings (SSSR count). The number of rotatable bonds is 6. The van der Waals surface area contributed by atoms with Gasteiger partial charge in [0.05, 0.1) is 0 Å². The Balaban J connectivity index is 2.33. The monoisotopic (exact) mass is 221 g/mol. The normalized spacial score (nSPS) is 13.4. The zero-order chi connectivity index (χ0) is 12.0. The lowest BCUT2D eigenvalue weighted by molar-refractivity contribution is 0.287. The molecular formula is C13H23N3. The van der Waals surface area contributed by atoms with Crippen molar-refractivity contribution in [1.29, 1.82) is 0 Å². The van der Waals surface area contributed by atoms with Gasteiger partial charge in [0.15, 0.2) is 0 Å². The van der Waals surface area contributed by atoms with Crippen molar-refractivity contribution >= 4 is 0 Å². The first-order valence-corrected chi connectivity index (χ1v) is 5.91. The summed E-state index contributed by atoms with van der Waals surface area (Å²) in [6, 6.07) is 4.33. The number of pyridine rings is 1. The second-order valence-corrected chi connectivity index (χ2v) is 4.95. The van der Waals surface area contributed by atoms with Crippen molar-refractivity contribution in [1.82, 2.24) is 9.88 Å². The van der Waals surface area contributed by atoms with E-state index in [0.717, 1.165) is 19.5 Å². The molecule has 3 heteroatoms. The van der Waals surface area contributed by atoms with Gasteiger partial charge in [-0.15, -0.1) is 0 Å². The van der Waals surface area contributed by atoms with Crippen LogP contribution in [0.1, 0.15) is 25.8 Å². The van der Waals surface area contributed by atoms with Crippen LogP contribution in [0.15, 0.2) is 24.5 Å². The predicted octanol–water partition coefficient (Wildman–Crippen LogP) is 1.89. The molecule has 16 heavy (non-hydrogen) atoms. The second-order valence-electron chi connectivity index (χ2n) is 4.95. The molecule has 1 heterocycles. The molecule has 1 unspecified atom stereocenters. The van der Waals surface area contributed by atoms with E-state index in [1.807, 2.05) is 12.3 Å². The number of aromatic nitrogens is 1. The van der Waals surface area contributed by atoms with E-state index in [4.69, 9.17) is 5.73 Å². The van der Waals surface area contributed by atoms with Gasteiger partial charge >= 0.3 is 0 Å². The average molecular weight is 221 g/mol. The second kappa shape index (κ2) is 6.61. The molecule has 0 saturated heterocycles. The minimum absolute atomic E-state index is 0.265. The average Bonchev–Trinajstić information content (AvgIpc) is 2.17. The Morgan fingerprint density at radius 3 is 2.75 bits per heavy atom. The van der Waals surface area contributed by atoms with Crippen LogP contribution in [0.3, 0.4) is 0 Å². The van der Waals surface area contributed by atoms with Gasteiger partial charge in [0.1, 0.15) is 0 Å². The standard InChI is InChI=1S/C13H23N3/c1-11(2)7-13(14)10-16(3)9-12-5-4-6-15-8-12/h4-6,8,11,13H,7,9-10,14H2,1-3H3. The number of nitrogens with two attached hydrogens (primary N) is 1. The Morgan fingerprint density at radius 2 is 2.19 bits per heavy atom. The third-order valence-electron chi connectivity index (χ3n) is 2.50. The van der Waals surface area contributed by atoms with E-state index >= 15 is 0 Å². The van der Waals surface area contributed by atoms with Crippen molar-refractivity contribution in [3.8, 4) is 0 Å². The third-order valence-corrected chi connectivity index (χ3v) is 2.50. The van der Waals surface area contributed by atoms with Crippen molar-refractivity contribution in [3.63, 3.8) is 0 Å². The molecule has 0 saturated carbocycles. The van der Waals surface area contributed by atoms with Gasteiger partial charge in [-0.25, -0.2) is 0 Å². The van der Waals surface area contributed by atoms with E-state index in [1.165, 1.54) is 5.56 Å². The van der Waals surface area contributed by atoms with Crippen molar-refractivity contribution in [3.05, 3.63) is 30.1 Å². The lowest BCUT2D eigenvalue weighted by Gasteiger charge is -2.22. The highest BCUT2D eigenvalue weighted by Crippen LogP contribution is 2.06. The summed E-state index contributed by atoms with van der Waals surface area (Å²) in [5.41, 5.74) is 7.31. The van der Waals surface area contributed by atoms with E-state index in [0.29, 0.717) is 5.92 Å². The zero-order valence-corrected chi connectivity index (χ0v) is 10.6. The van der Waals surface area contributed by atoms with E-state index in [-0.39, 0.29) is 6.04 Å². The van der Waals surface area contributed by atoms with Crippen LogP contribution in [0.5, 0.6) is 0 Å². The molecule has 1 atom stereocenters. The highest BCUT2D eigenvalue weighted by Gasteiger charge is 2.09. The van der Waals surface area contributed by atoms with Crippen LogP contribution < -0.4 is 5.73 Å². The first kappa shape index (κ1) is 13.1. The molecule has 0 spiro atoms. The lowest BCUT2D eigenvalue weighted by Crippen LogP contribution is -2.35. The Bertz CT molecular complexity index is 284. The van der Waals surface area contributed by atoms with Gasteiger partial charge in [0.2, 0.25) is 0 Å². The smallest absolute Gasteiger partial charge is 0.0312 e. The Labute approximate surface area is 98.7 Å². The SMILES string of the molecule is CC(C)CC(N)CN(C)Cc1cccnc1. The van der Waals surface area contributed by atoms with Crippen molar-refractivity contribution < 1.29 is 0 Å². The fourth-order valence-corrected chi connectivity index (χ4v) is 1.95. The van der Waals surface area contributed by atoms with E-state index < -0.39 is 0 Å². The summed E-state index contributed by atoms with van der Waals surface area (Å²) >= 11 is 0. The molecule has 2 N–H and O–H groups in total. The molecule has 0 bridgehead atoms. The van der Waals surface area contributed by atoms with Crippen LogP contribution in [0.25, 0.3) is 0 Å². The Hall–Kier alpha value is -0.930. The number of likely N-dealkylation sites (N-methyl/N-ethyl adjacent to an activating group) is 1. The molecule has 1 aromatic heterocycles. The van der Waals surface area contributed by atoms with Crippen LogP contribution in [0, 0.1) is 5.92 Å². The number of hydrogen-bond donors (Lipinski definition) is 1. The van der Waals surface area contributed by atoms with E-state index in [2.05, 4.69) is 36.8 Å². The molecule has 3 nitrogen and oxygen atoms in total. The Kier molecular flexibility index (Phi) is 5.43. The van der Waals surface area contributed by atoms with Gasteiger partial charge in [0.25, 0.3) is 0 Å². The van der Waals surface area contributed by atoms with Crippen molar-refractivity contribution in [2.24, 2.45) is 11.7 Å². The zero-order valence-electron chi connectivity index (χ0n) is 10.6. The first-order chi connectivity index (χ1) is 7.58. The maximum Gasteiger partial charge on any atom is 0.0312 e. The van der Waals surface area contributed by atoms with E-state index in [1.54, 1.807) is 6.20 Å². The molecule has 1 aromatic rings. The van der Waals surface area contributed by atoms with Crippen molar-refractivity contribution in [2.45, 2.75) is 32.9 Å². The number of nitrogens with zero attached hydrogens (tertiary/aromatic N) is 2. The summed E-state index contributed by atoms with van der Waals surface area (Å²) < 4.78 is 0. The molecule has 0 amide bonds.